The Labute approximate surface area is 331 Å². The quantitative estimate of drug-likeness (QED) is 0.0999. The minimum Gasteiger partial charge on any atom is -0.664 e. The van der Waals surface area contributed by atoms with Crippen molar-refractivity contribution in [3.63, 3.8) is 0 Å². The minimum absolute atomic E-state index is 0. The number of aliphatic imine (C=N–C) groups is 2. The van der Waals surface area contributed by atoms with Gasteiger partial charge in [0.05, 0.1) is 22.4 Å². The first-order chi connectivity index (χ1) is 25.6. The molecular formula is C41H29Cl3N8Ni. The first-order valence-electron chi connectivity index (χ1n) is 16.0. The van der Waals surface area contributed by atoms with Crippen molar-refractivity contribution in [1.29, 1.82) is 0 Å². The van der Waals surface area contributed by atoms with Gasteiger partial charge in [0.25, 0.3) is 0 Å². The van der Waals surface area contributed by atoms with Gasteiger partial charge in [-0.1, -0.05) is 83.3 Å². The van der Waals surface area contributed by atoms with Crippen LogP contribution in [0.15, 0.2) is 180 Å². The second-order valence-corrected chi connectivity index (χ2v) is 12.8. The summed E-state index contributed by atoms with van der Waals surface area (Å²) in [6.07, 6.45) is 25.7. The van der Waals surface area contributed by atoms with Crippen LogP contribution in [0.5, 0.6) is 0 Å². The summed E-state index contributed by atoms with van der Waals surface area (Å²) in [4.78, 5) is 34.2. The Kier molecular flexibility index (Phi) is 14.6. The summed E-state index contributed by atoms with van der Waals surface area (Å²) in [6.45, 7) is 0. The summed E-state index contributed by atoms with van der Waals surface area (Å²) in [5.41, 5.74) is 9.96. The van der Waals surface area contributed by atoms with Crippen molar-refractivity contribution in [3.8, 4) is 0 Å². The number of halogens is 3. The maximum absolute atomic E-state index is 4.81. The number of benzene rings is 1. The second-order valence-electron chi connectivity index (χ2n) is 10.8. The van der Waals surface area contributed by atoms with Crippen LogP contribution in [0.25, 0.3) is 33.0 Å². The molecule has 0 atom stereocenters. The Bertz CT molecular complexity index is 2190. The summed E-state index contributed by atoms with van der Waals surface area (Å²) in [5, 5.41) is 2.28. The Morgan fingerprint density at radius 1 is 0.509 bits per heavy atom. The molecule has 2 aliphatic rings. The Morgan fingerprint density at radius 2 is 0.925 bits per heavy atom. The fraction of sp³-hybridized carbons (Fsp3) is 0.0244. The number of aromatic nitrogens is 6. The van der Waals surface area contributed by atoms with E-state index in [2.05, 4.69) is 64.2 Å². The van der Waals surface area contributed by atoms with E-state index in [-0.39, 0.29) is 16.5 Å². The Morgan fingerprint density at radius 3 is 1.26 bits per heavy atom. The molecule has 0 saturated carbocycles. The van der Waals surface area contributed by atoms with Crippen molar-refractivity contribution < 1.29 is 16.5 Å². The third-order valence-electron chi connectivity index (χ3n) is 7.52. The summed E-state index contributed by atoms with van der Waals surface area (Å²) in [5.74, 6) is 0. The number of alkyl halides is 3. The summed E-state index contributed by atoms with van der Waals surface area (Å²) in [7, 11) is 0. The number of allylic oxidation sites excluding steroid dienone is 4. The van der Waals surface area contributed by atoms with Crippen LogP contribution in [0.3, 0.4) is 0 Å². The SMILES string of the molecule is C1=C/C(=C(\c2ccncc2)c2ccc[n-]2)N=C1.C1=C/C(=C(\c2ccncc2)c2ccc[n-]2)N=C1.ClC(Cl)Cl.[Ni+2].c1cnc2c(c1)ccc1cccnc12. The van der Waals surface area contributed by atoms with Gasteiger partial charge in [0, 0.05) is 60.4 Å². The van der Waals surface area contributed by atoms with Crippen molar-refractivity contribution >= 4 is 80.2 Å². The number of nitrogens with zero attached hydrogens (tertiary/aromatic N) is 8. The van der Waals surface area contributed by atoms with Crippen LogP contribution < -0.4 is 9.97 Å². The number of pyridine rings is 4. The molecule has 0 saturated heterocycles. The van der Waals surface area contributed by atoms with Gasteiger partial charge in [0.2, 0.25) is 0 Å². The van der Waals surface area contributed by atoms with Gasteiger partial charge in [-0.2, -0.15) is 12.4 Å². The van der Waals surface area contributed by atoms with Crippen LogP contribution in [0.1, 0.15) is 22.5 Å². The summed E-state index contributed by atoms with van der Waals surface area (Å²) in [6, 6.07) is 27.9. The molecule has 0 aliphatic carbocycles. The Hall–Kier alpha value is -5.44. The molecule has 0 bridgehead atoms. The van der Waals surface area contributed by atoms with Gasteiger partial charge in [0.1, 0.15) is 0 Å². The maximum atomic E-state index is 4.81. The third kappa shape index (κ3) is 10.6. The zero-order chi connectivity index (χ0) is 36.0. The van der Waals surface area contributed by atoms with Crippen LogP contribution in [-0.2, 0) is 16.5 Å². The van der Waals surface area contributed by atoms with E-state index in [4.69, 9.17) is 34.8 Å². The molecule has 264 valence electrons. The molecule has 7 aromatic rings. The normalized spacial score (nSPS) is 14.1. The van der Waals surface area contributed by atoms with Gasteiger partial charge in [-0.25, -0.2) is 0 Å². The van der Waals surface area contributed by atoms with E-state index in [0.717, 1.165) is 66.9 Å². The predicted octanol–water partition coefficient (Wildman–Crippen LogP) is 9.64. The molecule has 0 amide bonds. The number of rotatable bonds is 4. The molecule has 0 unspecified atom stereocenters. The molecule has 8 nitrogen and oxygen atoms in total. The molecule has 6 aromatic heterocycles. The van der Waals surface area contributed by atoms with Crippen molar-refractivity contribution in [3.05, 3.63) is 193 Å². The van der Waals surface area contributed by atoms with Crippen LogP contribution in [-0.4, -0.2) is 36.7 Å². The molecule has 8 heterocycles. The Balaban J connectivity index is 0.000000145. The van der Waals surface area contributed by atoms with Gasteiger partial charge < -0.3 is 9.97 Å². The van der Waals surface area contributed by atoms with Crippen LogP contribution in [0.4, 0.5) is 0 Å². The molecule has 0 fully saturated rings. The van der Waals surface area contributed by atoms with Crippen LogP contribution >= 0.6 is 34.8 Å². The number of hydrogen-bond acceptors (Lipinski definition) is 6. The molecule has 0 spiro atoms. The standard InChI is InChI=1S/2C14H10N3.C12H8N2.CHCl3.Ni/c2*1-3-12(16-7-1)14(13-4-2-8-17-13)11-5-9-15-10-6-11;1-3-9-5-6-10-4-2-8-14-12(10)11(9)13-7-1;2-1(3)4;/h2*1-10H;1-8H;1H;/q2*-1;;;+2/b2*14-12-;;;. The molecule has 2 aliphatic heterocycles. The van der Waals surface area contributed by atoms with E-state index in [9.17, 15) is 0 Å². The van der Waals surface area contributed by atoms with E-state index >= 15 is 0 Å². The molecule has 12 heteroatoms. The van der Waals surface area contributed by atoms with Crippen LogP contribution in [0, 0.1) is 0 Å². The van der Waals surface area contributed by atoms with Gasteiger partial charge in [-0.3, -0.25) is 29.9 Å². The van der Waals surface area contributed by atoms with Gasteiger partial charge >= 0.3 is 16.5 Å². The van der Waals surface area contributed by atoms with E-state index in [1.54, 1.807) is 62.0 Å². The van der Waals surface area contributed by atoms with Gasteiger partial charge in [0.15, 0.2) is 4.30 Å². The molecule has 0 radical (unpaired) electrons. The third-order valence-corrected chi connectivity index (χ3v) is 7.52. The first kappa shape index (κ1) is 38.8. The van der Waals surface area contributed by atoms with Crippen molar-refractivity contribution in [1.82, 2.24) is 29.9 Å². The first-order valence-corrected chi connectivity index (χ1v) is 17.3. The average molecular weight is 799 g/mol. The second kappa shape index (κ2) is 20.0. The monoisotopic (exact) mass is 796 g/mol. The van der Waals surface area contributed by atoms with Crippen LogP contribution in [0.2, 0.25) is 0 Å². The largest absolute Gasteiger partial charge is 2.00 e. The molecule has 53 heavy (non-hydrogen) atoms. The smallest absolute Gasteiger partial charge is 0.664 e. The van der Waals surface area contributed by atoms with E-state index in [1.807, 2.05) is 85.0 Å². The fourth-order valence-electron chi connectivity index (χ4n) is 5.36. The maximum Gasteiger partial charge on any atom is 2.00 e. The number of fused-ring (bicyclic) bond motifs is 3. The summed E-state index contributed by atoms with van der Waals surface area (Å²) < 4.78 is -0.750. The molecule has 1 aromatic carbocycles. The topological polar surface area (TPSA) is 104 Å². The zero-order valence-corrected chi connectivity index (χ0v) is 31.0. The van der Waals surface area contributed by atoms with Gasteiger partial charge in [-0.15, -0.1) is 11.4 Å². The zero-order valence-electron chi connectivity index (χ0n) is 27.8. The predicted molar refractivity (Wildman–Crippen MR) is 214 cm³/mol. The molecule has 9 rings (SSSR count). The van der Waals surface area contributed by atoms with Crippen molar-refractivity contribution in [2.75, 3.05) is 0 Å². The minimum atomic E-state index is -0.750. The fourth-order valence-corrected chi connectivity index (χ4v) is 5.36. The van der Waals surface area contributed by atoms with E-state index in [1.165, 1.54) is 0 Å². The number of hydrogen-bond donors (Lipinski definition) is 0. The van der Waals surface area contributed by atoms with Gasteiger partial charge in [-0.05, 0) is 83.0 Å². The average Bonchev–Trinajstić information content (AvgIpc) is 4.04. The molecular weight excluding hydrogens is 770 g/mol. The van der Waals surface area contributed by atoms with Crippen molar-refractivity contribution in [2.45, 2.75) is 4.30 Å². The van der Waals surface area contributed by atoms with Crippen molar-refractivity contribution in [2.24, 2.45) is 9.98 Å². The van der Waals surface area contributed by atoms with E-state index in [0.29, 0.717) is 0 Å². The van der Waals surface area contributed by atoms with E-state index < -0.39 is 4.30 Å². The molecule has 0 N–H and O–H groups in total. The summed E-state index contributed by atoms with van der Waals surface area (Å²) >= 11 is 14.4.